The zero-order valence-electron chi connectivity index (χ0n) is 3.66. The summed E-state index contributed by atoms with van der Waals surface area (Å²) in [4.78, 5) is 10.2. The van der Waals surface area contributed by atoms with Crippen molar-refractivity contribution in [3.8, 4) is 0 Å². The van der Waals surface area contributed by atoms with Gasteiger partial charge >= 0.3 is 0 Å². The Hall–Kier alpha value is -0.990. The lowest BCUT2D eigenvalue weighted by molar-refractivity contribution is -0.111. The maximum Gasteiger partial charge on any atom is 0.262 e. The van der Waals surface area contributed by atoms with Gasteiger partial charge in [-0.05, 0) is 0 Å². The molecule has 0 N–H and O–H groups in total. The minimum atomic E-state index is 0.0231. The predicted octanol–water partition coefficient (Wildman–Crippen LogP) is -0.648. The summed E-state index contributed by atoms with van der Waals surface area (Å²) in [5.74, 6) is 0.0231. The second-order valence-electron chi connectivity index (χ2n) is 1.21. The van der Waals surface area contributed by atoms with Crippen molar-refractivity contribution in [1.82, 2.24) is 5.10 Å². The lowest BCUT2D eigenvalue weighted by Gasteiger charge is -1.75. The quantitative estimate of drug-likeness (QED) is 0.395. The molecule has 0 fully saturated rings. The maximum absolute atomic E-state index is 10.2. The molecule has 35 valence electrons. The van der Waals surface area contributed by atoms with Gasteiger partial charge < -0.3 is 0 Å². The topological polar surface area (TPSA) is 43.5 Å². The number of carbonyl (C=O) groups excluding carboxylic acids is 1. The molecule has 0 aromatic heterocycles. The summed E-state index contributed by atoms with van der Waals surface area (Å²) in [6.07, 6.45) is 3.12. The Balaban J connectivity index is 2.66. The fourth-order valence-corrected chi connectivity index (χ4v) is 0.328. The number of nitrogens with zero attached hydrogens (tertiary/aromatic N) is 2. The SMILES string of the molecule is O=C1C=N[N+]=CC1. The second-order valence-corrected chi connectivity index (χ2v) is 1.21. The molecular weight excluding hydrogens is 92.1 g/mol. The van der Waals surface area contributed by atoms with Crippen molar-refractivity contribution in [2.75, 3.05) is 0 Å². The number of Topliss-reactive ketones (excluding diaryl/α,β-unsaturated/α-hetero) is 1. The van der Waals surface area contributed by atoms with E-state index in [0.29, 0.717) is 6.42 Å². The summed E-state index contributed by atoms with van der Waals surface area (Å²) < 4.78 is 0. The molecule has 0 amide bonds. The number of ketones is 1. The van der Waals surface area contributed by atoms with Crippen LogP contribution >= 0.6 is 0 Å². The minimum absolute atomic E-state index is 0.0231. The maximum atomic E-state index is 10.2. The molecule has 0 spiro atoms. The summed E-state index contributed by atoms with van der Waals surface area (Å²) in [7, 11) is 0. The summed E-state index contributed by atoms with van der Waals surface area (Å²) in [6, 6.07) is 0. The molecular formula is C4H4N2O+. The Morgan fingerprint density at radius 1 is 1.86 bits per heavy atom. The highest BCUT2D eigenvalue weighted by atomic mass is 16.1. The third-order valence-electron chi connectivity index (χ3n) is 0.643. The van der Waals surface area contributed by atoms with Gasteiger partial charge in [-0.1, -0.05) is 0 Å². The van der Waals surface area contributed by atoms with Gasteiger partial charge in [0.25, 0.3) is 6.21 Å². The first-order valence-electron chi connectivity index (χ1n) is 1.97. The van der Waals surface area contributed by atoms with E-state index in [1.165, 1.54) is 12.4 Å². The molecule has 1 radical (unpaired) electrons. The van der Waals surface area contributed by atoms with Crippen LogP contribution in [0.25, 0.3) is 0 Å². The molecule has 1 aliphatic heterocycles. The van der Waals surface area contributed by atoms with E-state index in [-0.39, 0.29) is 5.78 Å². The standard InChI is InChI=1S/C4H4N2O/c7-4-1-2-5-6-3-4/h2-3H,1H2/q+1. The Kier molecular flexibility index (Phi) is 0.978. The summed E-state index contributed by atoms with van der Waals surface area (Å²) in [5.41, 5.74) is 0. The summed E-state index contributed by atoms with van der Waals surface area (Å²) >= 11 is 0. The molecule has 0 aromatic carbocycles. The van der Waals surface area contributed by atoms with E-state index in [1.54, 1.807) is 0 Å². The zero-order valence-corrected chi connectivity index (χ0v) is 3.66. The number of carbonyl (C=O) groups is 1. The lowest BCUT2D eigenvalue weighted by atomic mass is 10.3. The molecule has 0 saturated heterocycles. The molecule has 0 saturated carbocycles. The molecule has 3 nitrogen and oxygen atoms in total. The van der Waals surface area contributed by atoms with E-state index in [1.807, 2.05) is 0 Å². The summed E-state index contributed by atoms with van der Waals surface area (Å²) in [6.45, 7) is 0. The van der Waals surface area contributed by atoms with Gasteiger partial charge in [0.15, 0.2) is 10.9 Å². The van der Waals surface area contributed by atoms with Crippen molar-refractivity contribution in [2.24, 2.45) is 5.10 Å². The largest absolute Gasteiger partial charge is 0.292 e. The highest BCUT2D eigenvalue weighted by Crippen LogP contribution is 1.76. The fraction of sp³-hybridized carbons (Fsp3) is 0.250. The van der Waals surface area contributed by atoms with Crippen LogP contribution in [0.5, 0.6) is 0 Å². The first-order valence-corrected chi connectivity index (χ1v) is 1.97. The highest BCUT2D eigenvalue weighted by molar-refractivity contribution is 6.31. The number of hydrogen-bond donors (Lipinski definition) is 0. The van der Waals surface area contributed by atoms with E-state index in [9.17, 15) is 4.79 Å². The van der Waals surface area contributed by atoms with Gasteiger partial charge in [0.2, 0.25) is 0 Å². The zero-order chi connectivity index (χ0) is 5.11. The van der Waals surface area contributed by atoms with Crippen LogP contribution in [0.2, 0.25) is 0 Å². The average molecular weight is 96.1 g/mol. The molecule has 0 aliphatic carbocycles. The van der Waals surface area contributed by atoms with Crippen molar-refractivity contribution < 1.29 is 4.79 Å². The Morgan fingerprint density at radius 2 is 2.71 bits per heavy atom. The van der Waals surface area contributed by atoms with E-state index < -0.39 is 0 Å². The van der Waals surface area contributed by atoms with Gasteiger partial charge in [-0.25, -0.2) is 0 Å². The molecule has 0 bridgehead atoms. The Bertz CT molecular complexity index is 137. The smallest absolute Gasteiger partial charge is 0.262 e. The van der Waals surface area contributed by atoms with Crippen molar-refractivity contribution in [3.63, 3.8) is 0 Å². The average Bonchev–Trinajstić information content (AvgIpc) is 1.69. The second kappa shape index (κ2) is 1.64. The van der Waals surface area contributed by atoms with Crippen LogP contribution in [0, 0.1) is 0 Å². The van der Waals surface area contributed by atoms with Gasteiger partial charge in [0, 0.05) is 0 Å². The van der Waals surface area contributed by atoms with Gasteiger partial charge in [-0.2, -0.15) is 0 Å². The molecule has 0 atom stereocenters. The van der Waals surface area contributed by atoms with Gasteiger partial charge in [0.05, 0.1) is 5.10 Å². The van der Waals surface area contributed by atoms with Crippen molar-refractivity contribution in [2.45, 2.75) is 6.42 Å². The Morgan fingerprint density at radius 3 is 3.00 bits per heavy atom. The van der Waals surface area contributed by atoms with Crippen LogP contribution in [-0.2, 0) is 4.79 Å². The third kappa shape index (κ3) is 0.924. The molecule has 3 heteroatoms. The first-order chi connectivity index (χ1) is 3.39. The number of hydrogen-bond acceptors (Lipinski definition) is 3. The Labute approximate surface area is 40.8 Å². The minimum Gasteiger partial charge on any atom is -0.292 e. The van der Waals surface area contributed by atoms with E-state index in [0.717, 1.165) is 0 Å². The van der Waals surface area contributed by atoms with E-state index >= 15 is 0 Å². The summed E-state index contributed by atoms with van der Waals surface area (Å²) in [5, 5.41) is 6.80. The van der Waals surface area contributed by atoms with E-state index in [4.69, 9.17) is 0 Å². The monoisotopic (exact) mass is 96.0 g/mol. The molecule has 7 heavy (non-hydrogen) atoms. The third-order valence-corrected chi connectivity index (χ3v) is 0.643. The molecule has 0 aromatic rings. The fourth-order valence-electron chi connectivity index (χ4n) is 0.328. The van der Waals surface area contributed by atoms with Crippen LogP contribution in [-0.4, -0.2) is 18.2 Å². The lowest BCUT2D eigenvalue weighted by Crippen LogP contribution is -2.06. The normalized spacial score (nSPS) is 18.0. The van der Waals surface area contributed by atoms with E-state index in [2.05, 4.69) is 10.2 Å². The van der Waals surface area contributed by atoms with Crippen LogP contribution in [0.15, 0.2) is 5.10 Å². The highest BCUT2D eigenvalue weighted by Gasteiger charge is 2.04. The first kappa shape index (κ1) is 4.18. The molecule has 1 aliphatic rings. The van der Waals surface area contributed by atoms with Crippen LogP contribution in [0.3, 0.4) is 0 Å². The van der Waals surface area contributed by atoms with Gasteiger partial charge in [-0.3, -0.25) is 4.79 Å². The van der Waals surface area contributed by atoms with Gasteiger partial charge in [-0.15, -0.1) is 0 Å². The molecule has 1 heterocycles. The number of rotatable bonds is 0. The molecule has 1 rings (SSSR count). The van der Waals surface area contributed by atoms with Crippen LogP contribution < -0.4 is 5.10 Å². The predicted molar refractivity (Wildman–Crippen MR) is 26.3 cm³/mol. The van der Waals surface area contributed by atoms with Crippen LogP contribution in [0.4, 0.5) is 0 Å². The van der Waals surface area contributed by atoms with Crippen LogP contribution in [0.1, 0.15) is 6.42 Å². The molecule has 0 unspecified atom stereocenters. The van der Waals surface area contributed by atoms with Gasteiger partial charge in [0.1, 0.15) is 12.6 Å². The van der Waals surface area contributed by atoms with Crippen molar-refractivity contribution >= 4 is 18.2 Å². The van der Waals surface area contributed by atoms with Crippen molar-refractivity contribution in [3.05, 3.63) is 0 Å². The van der Waals surface area contributed by atoms with Crippen molar-refractivity contribution in [1.29, 1.82) is 0 Å².